The number of nitrogens with one attached hydrogen (secondary N) is 2. The lowest BCUT2D eigenvalue weighted by atomic mass is 9.96. The lowest BCUT2D eigenvalue weighted by Gasteiger charge is -2.38. The average molecular weight is 452 g/mol. The van der Waals surface area contributed by atoms with Gasteiger partial charge in [-0.1, -0.05) is 0 Å². The van der Waals surface area contributed by atoms with Crippen molar-refractivity contribution in [3.05, 3.63) is 36.7 Å². The summed E-state index contributed by atoms with van der Waals surface area (Å²) in [7, 11) is -2.27. The zero-order valence-corrected chi connectivity index (χ0v) is 17.8. The van der Waals surface area contributed by atoms with Crippen LogP contribution < -0.4 is 15.8 Å². The van der Waals surface area contributed by atoms with Crippen molar-refractivity contribution < 1.29 is 27.2 Å². The zero-order valence-electron chi connectivity index (χ0n) is 17.0. The van der Waals surface area contributed by atoms with Gasteiger partial charge in [-0.2, -0.15) is 0 Å². The highest BCUT2D eigenvalue weighted by Gasteiger charge is 2.39. The Morgan fingerprint density at radius 2 is 2.10 bits per heavy atom. The van der Waals surface area contributed by atoms with Crippen molar-refractivity contribution in [2.45, 2.75) is 42.9 Å². The van der Waals surface area contributed by atoms with Crippen LogP contribution in [0.5, 0.6) is 0 Å². The summed E-state index contributed by atoms with van der Waals surface area (Å²) in [6.07, 6.45) is 4.33. The highest BCUT2D eigenvalue weighted by molar-refractivity contribution is 7.89. The van der Waals surface area contributed by atoms with E-state index in [-0.39, 0.29) is 30.2 Å². The Morgan fingerprint density at radius 1 is 1.35 bits per heavy atom. The minimum Gasteiger partial charge on any atom is -0.459 e. The molecule has 0 bridgehead atoms. The molecule has 0 spiro atoms. The van der Waals surface area contributed by atoms with E-state index < -0.39 is 45.9 Å². The van der Waals surface area contributed by atoms with E-state index in [1.165, 1.54) is 41.2 Å². The number of nitrogens with zero attached hydrogens (tertiary/aromatic N) is 3. The van der Waals surface area contributed by atoms with Crippen LogP contribution in [0.4, 0.5) is 0 Å². The second-order valence-electron chi connectivity index (χ2n) is 7.34. The number of furan rings is 1. The second-order valence-corrected chi connectivity index (χ2v) is 9.01. The molecule has 3 atom stereocenters. The topological polar surface area (TPSA) is 170 Å². The van der Waals surface area contributed by atoms with Crippen LogP contribution in [0.3, 0.4) is 0 Å². The van der Waals surface area contributed by atoms with E-state index in [9.17, 15) is 22.8 Å². The number of rotatable bonds is 7. The van der Waals surface area contributed by atoms with Gasteiger partial charge < -0.3 is 24.9 Å². The van der Waals surface area contributed by atoms with Gasteiger partial charge in [0.1, 0.15) is 12.1 Å². The molecule has 1 saturated heterocycles. The minimum atomic E-state index is -3.92. The number of imidazole rings is 1. The van der Waals surface area contributed by atoms with Gasteiger partial charge in [0.25, 0.3) is 15.9 Å². The predicted molar refractivity (Wildman–Crippen MR) is 107 cm³/mol. The number of amides is 3. The van der Waals surface area contributed by atoms with Crippen LogP contribution in [-0.2, 0) is 26.7 Å². The van der Waals surface area contributed by atoms with E-state index >= 15 is 0 Å². The smallest absolute Gasteiger partial charge is 0.290 e. The first-order valence-corrected chi connectivity index (χ1v) is 11.0. The Morgan fingerprint density at radius 3 is 2.68 bits per heavy atom. The van der Waals surface area contributed by atoms with E-state index in [1.54, 1.807) is 13.1 Å². The first kappa shape index (κ1) is 22.5. The molecule has 3 rings (SSSR count). The van der Waals surface area contributed by atoms with Gasteiger partial charge in [-0.3, -0.25) is 14.4 Å². The summed E-state index contributed by atoms with van der Waals surface area (Å²) >= 11 is 0. The van der Waals surface area contributed by atoms with Crippen LogP contribution >= 0.6 is 0 Å². The molecule has 2 aromatic rings. The normalized spacial score (nSPS) is 20.3. The van der Waals surface area contributed by atoms with Crippen molar-refractivity contribution in [3.63, 3.8) is 0 Å². The molecule has 1 aliphatic heterocycles. The molecule has 0 unspecified atom stereocenters. The maximum absolute atomic E-state index is 12.8. The Hall–Kier alpha value is -3.19. The maximum Gasteiger partial charge on any atom is 0.290 e. The predicted octanol–water partition coefficient (Wildman–Crippen LogP) is -1.05. The maximum atomic E-state index is 12.8. The Labute approximate surface area is 178 Å². The molecule has 3 heterocycles. The fourth-order valence-electron chi connectivity index (χ4n) is 3.29. The Kier molecular flexibility index (Phi) is 6.45. The quantitative estimate of drug-likeness (QED) is 0.481. The molecular weight excluding hydrogens is 428 g/mol. The van der Waals surface area contributed by atoms with Gasteiger partial charge in [0.05, 0.1) is 12.6 Å². The number of hydrogen-bond donors (Lipinski definition) is 3. The fourth-order valence-corrected chi connectivity index (χ4v) is 4.56. The Bertz CT molecular complexity index is 1060. The number of likely N-dealkylation sites (tertiary alicyclic amines) is 1. The Balaban J connectivity index is 1.80. The molecule has 0 aromatic carbocycles. The molecule has 0 aliphatic carbocycles. The van der Waals surface area contributed by atoms with Gasteiger partial charge in [0.15, 0.2) is 10.8 Å². The van der Waals surface area contributed by atoms with Crippen molar-refractivity contribution in [1.29, 1.82) is 0 Å². The fraction of sp³-hybridized carbons (Fsp3) is 0.444. The highest BCUT2D eigenvalue weighted by atomic mass is 32.2. The summed E-state index contributed by atoms with van der Waals surface area (Å²) < 4.78 is 34.4. The molecule has 0 saturated carbocycles. The number of nitrogens with two attached hydrogens (primary N) is 1. The van der Waals surface area contributed by atoms with Gasteiger partial charge in [0, 0.05) is 25.8 Å². The van der Waals surface area contributed by atoms with Crippen molar-refractivity contribution in [2.24, 2.45) is 12.8 Å². The van der Waals surface area contributed by atoms with E-state index in [2.05, 4.69) is 15.0 Å². The van der Waals surface area contributed by atoms with Crippen molar-refractivity contribution in [1.82, 2.24) is 24.5 Å². The van der Waals surface area contributed by atoms with Crippen LogP contribution in [-0.4, -0.2) is 65.3 Å². The van der Waals surface area contributed by atoms with Gasteiger partial charge in [-0.25, -0.2) is 18.1 Å². The lowest BCUT2D eigenvalue weighted by molar-refractivity contribution is -0.131. The minimum absolute atomic E-state index is 0.00414. The van der Waals surface area contributed by atoms with Crippen molar-refractivity contribution in [3.8, 4) is 0 Å². The summed E-state index contributed by atoms with van der Waals surface area (Å²) in [6.45, 7) is 1.51. The number of sulfonamides is 1. The van der Waals surface area contributed by atoms with E-state index in [4.69, 9.17) is 10.2 Å². The standard InChI is InChI=1S/C18H24N6O6S/c1-11(16(19)25)21-17(26)13-8-12(22-31(28,29)15-9-23(2)10-20-15)5-6-24(13)18(27)14-4-3-7-30-14/h3-4,7,9-13,22H,5-6,8H2,1-2H3,(H2,19,25)(H,21,26)/t11-,12+,13+/m1/s1. The summed E-state index contributed by atoms with van der Waals surface area (Å²) in [5, 5.41) is 2.32. The molecule has 4 N–H and O–H groups in total. The molecule has 2 aromatic heterocycles. The van der Waals surface area contributed by atoms with Gasteiger partial charge in [0.2, 0.25) is 11.8 Å². The summed E-state index contributed by atoms with van der Waals surface area (Å²) in [5.74, 6) is -1.82. The first-order chi connectivity index (χ1) is 14.6. The SMILES string of the molecule is C[C@@H](NC(=O)[C@@H]1C[C@@H](NS(=O)(=O)c2cn(C)cn2)CCN1C(=O)c1ccco1)C(N)=O. The number of aromatic nitrogens is 2. The van der Waals surface area contributed by atoms with Gasteiger partial charge >= 0.3 is 0 Å². The van der Waals surface area contributed by atoms with Crippen LogP contribution in [0.15, 0.2) is 40.4 Å². The molecule has 168 valence electrons. The third kappa shape index (κ3) is 5.11. The van der Waals surface area contributed by atoms with Crippen molar-refractivity contribution in [2.75, 3.05) is 6.54 Å². The number of carbonyl (C=O) groups excluding carboxylic acids is 3. The third-order valence-corrected chi connectivity index (χ3v) is 6.37. The highest BCUT2D eigenvalue weighted by Crippen LogP contribution is 2.22. The third-order valence-electron chi connectivity index (χ3n) is 4.96. The van der Waals surface area contributed by atoms with Crippen molar-refractivity contribution >= 4 is 27.7 Å². The van der Waals surface area contributed by atoms with Crippen LogP contribution in [0, 0.1) is 0 Å². The first-order valence-electron chi connectivity index (χ1n) is 9.53. The van der Waals surface area contributed by atoms with E-state index in [1.807, 2.05) is 0 Å². The lowest BCUT2D eigenvalue weighted by Crippen LogP contribution is -2.59. The number of hydrogen-bond acceptors (Lipinski definition) is 7. The molecule has 3 amide bonds. The summed E-state index contributed by atoms with van der Waals surface area (Å²) in [6, 6.07) is 0.389. The summed E-state index contributed by atoms with van der Waals surface area (Å²) in [5.41, 5.74) is 5.21. The molecule has 1 fully saturated rings. The van der Waals surface area contributed by atoms with E-state index in [0.717, 1.165) is 0 Å². The monoisotopic (exact) mass is 452 g/mol. The zero-order chi connectivity index (χ0) is 22.8. The second kappa shape index (κ2) is 8.89. The van der Waals surface area contributed by atoms with E-state index in [0.29, 0.717) is 0 Å². The average Bonchev–Trinajstić information content (AvgIpc) is 3.39. The van der Waals surface area contributed by atoms with Crippen LogP contribution in [0.25, 0.3) is 0 Å². The number of aryl methyl sites for hydroxylation is 1. The number of piperidine rings is 1. The molecule has 1 aliphatic rings. The molecule has 31 heavy (non-hydrogen) atoms. The van der Waals surface area contributed by atoms with Gasteiger partial charge in [-0.05, 0) is 31.9 Å². The number of carbonyl (C=O) groups is 3. The molecular formula is C18H24N6O6S. The molecule has 12 nitrogen and oxygen atoms in total. The van der Waals surface area contributed by atoms with Gasteiger partial charge in [-0.15, -0.1) is 0 Å². The number of primary amides is 1. The molecule has 13 heteroatoms. The molecule has 0 radical (unpaired) electrons. The van der Waals surface area contributed by atoms with Crippen LogP contribution in [0.1, 0.15) is 30.3 Å². The van der Waals surface area contributed by atoms with Crippen LogP contribution in [0.2, 0.25) is 0 Å². The largest absolute Gasteiger partial charge is 0.459 e. The summed E-state index contributed by atoms with van der Waals surface area (Å²) in [4.78, 5) is 42.2.